The first-order valence-corrected chi connectivity index (χ1v) is 8.24. The molecule has 2 atom stereocenters. The molecule has 20 heavy (non-hydrogen) atoms. The topological polar surface area (TPSA) is 46.3 Å². The lowest BCUT2D eigenvalue weighted by molar-refractivity contribution is -0.141. The molecular formula is C16H31ClN2O. The molecule has 0 aromatic heterocycles. The number of halogens is 1. The Bertz CT molecular complexity index is 290. The lowest BCUT2D eigenvalue weighted by Crippen LogP contribution is -2.53. The summed E-state index contributed by atoms with van der Waals surface area (Å²) in [5, 5.41) is 0. The minimum atomic E-state index is 0. The number of amides is 1. The quantitative estimate of drug-likeness (QED) is 0.850. The summed E-state index contributed by atoms with van der Waals surface area (Å²) in [6, 6.07) is 0.284. The lowest BCUT2D eigenvalue weighted by atomic mass is 9.86. The maximum atomic E-state index is 12.8. The van der Waals surface area contributed by atoms with Crippen molar-refractivity contribution in [3.05, 3.63) is 0 Å². The van der Waals surface area contributed by atoms with Crippen LogP contribution < -0.4 is 5.73 Å². The van der Waals surface area contributed by atoms with Crippen LogP contribution >= 0.6 is 12.4 Å². The predicted octanol–water partition coefficient (Wildman–Crippen LogP) is 3.35. The third-order valence-electron chi connectivity index (χ3n) is 5.09. The van der Waals surface area contributed by atoms with E-state index in [-0.39, 0.29) is 24.4 Å². The smallest absolute Gasteiger partial charge is 0.225 e. The largest absolute Gasteiger partial charge is 0.338 e. The van der Waals surface area contributed by atoms with Crippen molar-refractivity contribution in [3.63, 3.8) is 0 Å². The number of piperidine rings is 1. The van der Waals surface area contributed by atoms with Gasteiger partial charge in [0.05, 0.1) is 0 Å². The van der Waals surface area contributed by atoms with Crippen LogP contribution in [0.15, 0.2) is 0 Å². The van der Waals surface area contributed by atoms with Crippen LogP contribution in [-0.4, -0.2) is 29.9 Å². The van der Waals surface area contributed by atoms with Crippen molar-refractivity contribution in [2.45, 2.75) is 70.8 Å². The summed E-state index contributed by atoms with van der Waals surface area (Å²) in [5.74, 6) is 1.25. The van der Waals surface area contributed by atoms with E-state index in [9.17, 15) is 4.79 Å². The predicted molar refractivity (Wildman–Crippen MR) is 86.0 cm³/mol. The van der Waals surface area contributed by atoms with Crippen LogP contribution in [0, 0.1) is 11.8 Å². The molecule has 1 heterocycles. The van der Waals surface area contributed by atoms with Gasteiger partial charge in [-0.2, -0.15) is 0 Å². The Hall–Kier alpha value is -0.280. The highest BCUT2D eigenvalue weighted by Gasteiger charge is 2.34. The molecule has 2 unspecified atom stereocenters. The van der Waals surface area contributed by atoms with E-state index in [1.54, 1.807) is 0 Å². The van der Waals surface area contributed by atoms with E-state index in [1.165, 1.54) is 38.5 Å². The zero-order valence-corrected chi connectivity index (χ0v) is 13.7. The van der Waals surface area contributed by atoms with E-state index in [0.29, 0.717) is 18.4 Å². The average molecular weight is 303 g/mol. The van der Waals surface area contributed by atoms with Crippen molar-refractivity contribution in [2.24, 2.45) is 17.6 Å². The van der Waals surface area contributed by atoms with E-state index in [4.69, 9.17) is 5.73 Å². The average Bonchev–Trinajstić information content (AvgIpc) is 2.37. The van der Waals surface area contributed by atoms with Gasteiger partial charge in [0.1, 0.15) is 0 Å². The number of hydrogen-bond donors (Lipinski definition) is 1. The van der Waals surface area contributed by atoms with Gasteiger partial charge in [0.15, 0.2) is 0 Å². The van der Waals surface area contributed by atoms with Gasteiger partial charge in [-0.15, -0.1) is 12.4 Å². The van der Waals surface area contributed by atoms with Gasteiger partial charge in [-0.25, -0.2) is 0 Å². The third kappa shape index (κ3) is 4.36. The van der Waals surface area contributed by atoms with Crippen molar-refractivity contribution in [2.75, 3.05) is 13.1 Å². The number of hydrogen-bond acceptors (Lipinski definition) is 2. The molecule has 4 heteroatoms. The molecule has 2 fully saturated rings. The minimum absolute atomic E-state index is 0. The Kier molecular flexibility index (Phi) is 7.90. The molecule has 1 amide bonds. The number of carbonyl (C=O) groups excluding carboxylic acids is 1. The molecule has 3 nitrogen and oxygen atoms in total. The van der Waals surface area contributed by atoms with Crippen molar-refractivity contribution in [3.8, 4) is 0 Å². The van der Waals surface area contributed by atoms with Crippen LogP contribution in [0.4, 0.5) is 0 Å². The third-order valence-corrected chi connectivity index (χ3v) is 5.09. The van der Waals surface area contributed by atoms with Crippen molar-refractivity contribution in [1.82, 2.24) is 4.90 Å². The van der Waals surface area contributed by atoms with Crippen LogP contribution in [0.3, 0.4) is 0 Å². The van der Waals surface area contributed by atoms with Crippen LogP contribution in [0.25, 0.3) is 0 Å². The first-order valence-electron chi connectivity index (χ1n) is 8.24. The highest BCUT2D eigenvalue weighted by molar-refractivity contribution is 5.85. The van der Waals surface area contributed by atoms with E-state index in [2.05, 4.69) is 11.8 Å². The Morgan fingerprint density at radius 3 is 2.25 bits per heavy atom. The Morgan fingerprint density at radius 1 is 1.05 bits per heavy atom. The van der Waals surface area contributed by atoms with E-state index in [1.807, 2.05) is 0 Å². The summed E-state index contributed by atoms with van der Waals surface area (Å²) in [7, 11) is 0. The molecule has 0 spiro atoms. The first kappa shape index (κ1) is 17.8. The zero-order valence-electron chi connectivity index (χ0n) is 12.9. The van der Waals surface area contributed by atoms with E-state index >= 15 is 0 Å². The van der Waals surface area contributed by atoms with Gasteiger partial charge < -0.3 is 10.6 Å². The van der Waals surface area contributed by atoms with Gasteiger partial charge in [-0.05, 0) is 31.6 Å². The van der Waals surface area contributed by atoms with Crippen molar-refractivity contribution in [1.29, 1.82) is 0 Å². The number of carbonyl (C=O) groups is 1. The van der Waals surface area contributed by atoms with Crippen molar-refractivity contribution >= 4 is 18.3 Å². The van der Waals surface area contributed by atoms with Gasteiger partial charge in [0.25, 0.3) is 0 Å². The molecule has 2 rings (SSSR count). The fourth-order valence-electron chi connectivity index (χ4n) is 3.82. The number of nitrogens with zero attached hydrogens (tertiary/aromatic N) is 1. The molecule has 1 aliphatic carbocycles. The molecule has 0 radical (unpaired) electrons. The molecule has 1 saturated carbocycles. The standard InChI is InChI=1S/C16H30N2O.ClH/c1-13-8-7-11-18(15(13)12-17)16(19)14-9-5-3-2-4-6-10-14;/h13-15H,2-12,17H2,1H3;1H. The first-order chi connectivity index (χ1) is 9.24. The molecule has 118 valence electrons. The molecule has 0 aromatic rings. The number of nitrogens with two attached hydrogens (primary N) is 1. The SMILES string of the molecule is CC1CCCN(C(=O)C2CCCCCCC2)C1CN.Cl. The fraction of sp³-hybridized carbons (Fsp3) is 0.938. The van der Waals surface area contributed by atoms with Crippen molar-refractivity contribution < 1.29 is 4.79 Å². The maximum absolute atomic E-state index is 12.8. The van der Waals surface area contributed by atoms with Gasteiger partial charge in [0, 0.05) is 25.0 Å². The number of likely N-dealkylation sites (tertiary alicyclic amines) is 1. The normalized spacial score (nSPS) is 29.2. The molecule has 1 saturated heterocycles. The fourth-order valence-corrected chi connectivity index (χ4v) is 3.82. The Morgan fingerprint density at radius 2 is 1.65 bits per heavy atom. The van der Waals surface area contributed by atoms with Crippen LogP contribution in [0.2, 0.25) is 0 Å². The summed E-state index contributed by atoms with van der Waals surface area (Å²) >= 11 is 0. The Labute approximate surface area is 130 Å². The highest BCUT2D eigenvalue weighted by atomic mass is 35.5. The minimum Gasteiger partial charge on any atom is -0.338 e. The Balaban J connectivity index is 0.00000200. The molecule has 2 aliphatic rings. The van der Waals surface area contributed by atoms with Crippen LogP contribution in [-0.2, 0) is 4.79 Å². The second kappa shape index (κ2) is 8.89. The molecule has 0 aromatic carbocycles. The summed E-state index contributed by atoms with van der Waals surface area (Å²) in [5.41, 5.74) is 5.91. The number of rotatable bonds is 2. The van der Waals surface area contributed by atoms with Crippen LogP contribution in [0.5, 0.6) is 0 Å². The monoisotopic (exact) mass is 302 g/mol. The van der Waals surface area contributed by atoms with E-state index < -0.39 is 0 Å². The molecule has 2 N–H and O–H groups in total. The zero-order chi connectivity index (χ0) is 13.7. The van der Waals surface area contributed by atoms with Gasteiger partial charge in [0.2, 0.25) is 5.91 Å². The molecule has 1 aliphatic heterocycles. The second-order valence-electron chi connectivity index (χ2n) is 6.50. The van der Waals surface area contributed by atoms with Crippen LogP contribution in [0.1, 0.15) is 64.7 Å². The van der Waals surface area contributed by atoms with E-state index in [0.717, 1.165) is 25.8 Å². The molecule has 0 bridgehead atoms. The van der Waals surface area contributed by atoms with Gasteiger partial charge >= 0.3 is 0 Å². The summed E-state index contributed by atoms with van der Waals surface area (Å²) in [6.45, 7) is 3.80. The van der Waals surface area contributed by atoms with Gasteiger partial charge in [-0.3, -0.25) is 4.79 Å². The summed E-state index contributed by atoms with van der Waals surface area (Å²) < 4.78 is 0. The highest BCUT2D eigenvalue weighted by Crippen LogP contribution is 2.29. The lowest BCUT2D eigenvalue weighted by Gasteiger charge is -2.41. The molecular weight excluding hydrogens is 272 g/mol. The summed E-state index contributed by atoms with van der Waals surface area (Å²) in [4.78, 5) is 14.9. The summed E-state index contributed by atoms with van der Waals surface area (Å²) in [6.07, 6.45) is 11.0. The maximum Gasteiger partial charge on any atom is 0.225 e. The van der Waals surface area contributed by atoms with Gasteiger partial charge in [-0.1, -0.05) is 39.0 Å². The second-order valence-corrected chi connectivity index (χ2v) is 6.50.